The molecular formula is C19H13Cl3N2O3S. The Morgan fingerprint density at radius 1 is 1.07 bits per heavy atom. The molecule has 0 saturated heterocycles. The van der Waals surface area contributed by atoms with Crippen molar-refractivity contribution in [1.82, 2.24) is 10.3 Å². The summed E-state index contributed by atoms with van der Waals surface area (Å²) in [4.78, 5) is 28.3. The molecule has 2 N–H and O–H groups in total. The number of carboxylic acids is 1. The second-order valence-corrected chi connectivity index (χ2v) is 7.84. The van der Waals surface area contributed by atoms with Crippen LogP contribution in [0.25, 0.3) is 10.6 Å². The predicted molar refractivity (Wildman–Crippen MR) is 111 cm³/mol. The Bertz CT molecular complexity index is 1040. The van der Waals surface area contributed by atoms with Crippen molar-refractivity contribution in [3.63, 3.8) is 0 Å². The van der Waals surface area contributed by atoms with Gasteiger partial charge in [-0.05, 0) is 17.7 Å². The van der Waals surface area contributed by atoms with E-state index in [0.717, 1.165) is 0 Å². The summed E-state index contributed by atoms with van der Waals surface area (Å²) in [6, 6.07) is 11.2. The molecule has 144 valence electrons. The number of aromatic nitrogens is 1. The van der Waals surface area contributed by atoms with E-state index in [9.17, 15) is 14.7 Å². The van der Waals surface area contributed by atoms with Crippen molar-refractivity contribution in [2.75, 3.05) is 0 Å². The summed E-state index contributed by atoms with van der Waals surface area (Å²) in [5, 5.41) is 15.1. The Morgan fingerprint density at radius 3 is 2.50 bits per heavy atom. The van der Waals surface area contributed by atoms with Crippen LogP contribution < -0.4 is 5.32 Å². The number of nitrogens with one attached hydrogen (secondary N) is 1. The van der Waals surface area contributed by atoms with Crippen LogP contribution in [0.2, 0.25) is 15.1 Å². The lowest BCUT2D eigenvalue weighted by atomic mass is 10.0. The number of thiazole rings is 1. The maximum absolute atomic E-state index is 12.7. The van der Waals surface area contributed by atoms with E-state index < -0.39 is 17.9 Å². The smallest absolute Gasteiger partial charge is 0.305 e. The molecule has 3 aromatic rings. The van der Waals surface area contributed by atoms with Crippen LogP contribution >= 0.6 is 46.1 Å². The van der Waals surface area contributed by atoms with Gasteiger partial charge in [0.25, 0.3) is 5.91 Å². The fraction of sp³-hybridized carbons (Fsp3) is 0.105. The van der Waals surface area contributed by atoms with Gasteiger partial charge >= 0.3 is 5.97 Å². The largest absolute Gasteiger partial charge is 0.481 e. The van der Waals surface area contributed by atoms with Gasteiger partial charge in [-0.1, -0.05) is 65.1 Å². The highest BCUT2D eigenvalue weighted by molar-refractivity contribution is 7.13. The van der Waals surface area contributed by atoms with E-state index in [0.29, 0.717) is 21.2 Å². The lowest BCUT2D eigenvalue weighted by Gasteiger charge is -2.18. The zero-order valence-corrected chi connectivity index (χ0v) is 17.2. The third-order valence-electron chi connectivity index (χ3n) is 3.88. The van der Waals surface area contributed by atoms with E-state index in [1.807, 2.05) is 12.1 Å². The van der Waals surface area contributed by atoms with E-state index in [2.05, 4.69) is 10.3 Å². The quantitative estimate of drug-likeness (QED) is 0.498. The molecule has 3 rings (SSSR count). The molecule has 1 amide bonds. The first-order valence-corrected chi connectivity index (χ1v) is 10.0. The van der Waals surface area contributed by atoms with Crippen molar-refractivity contribution in [2.24, 2.45) is 0 Å². The Hall–Kier alpha value is -2.12. The predicted octanol–water partition coefficient (Wildman–Crippen LogP) is 5.72. The number of carbonyl (C=O) groups is 2. The number of hydrogen-bond acceptors (Lipinski definition) is 4. The average molecular weight is 456 g/mol. The van der Waals surface area contributed by atoms with Crippen LogP contribution in [0.4, 0.5) is 0 Å². The highest BCUT2D eigenvalue weighted by Crippen LogP contribution is 2.33. The van der Waals surface area contributed by atoms with Crippen molar-refractivity contribution in [3.8, 4) is 10.6 Å². The molecule has 0 bridgehead atoms. The lowest BCUT2D eigenvalue weighted by molar-refractivity contribution is -0.137. The minimum atomic E-state index is -1.09. The number of benzene rings is 2. The lowest BCUT2D eigenvalue weighted by Crippen LogP contribution is -2.30. The summed E-state index contributed by atoms with van der Waals surface area (Å²) in [5.74, 6) is -1.60. The molecule has 0 fully saturated rings. The Kier molecular flexibility index (Phi) is 6.57. The van der Waals surface area contributed by atoms with Crippen LogP contribution in [-0.2, 0) is 4.79 Å². The van der Waals surface area contributed by atoms with E-state index >= 15 is 0 Å². The first-order chi connectivity index (χ1) is 13.4. The molecule has 28 heavy (non-hydrogen) atoms. The van der Waals surface area contributed by atoms with Gasteiger partial charge in [0, 0.05) is 10.9 Å². The van der Waals surface area contributed by atoms with Gasteiger partial charge in [-0.15, -0.1) is 11.3 Å². The monoisotopic (exact) mass is 454 g/mol. The molecule has 0 spiro atoms. The average Bonchev–Trinajstić information content (AvgIpc) is 3.13. The Balaban J connectivity index is 1.86. The number of halogens is 3. The van der Waals surface area contributed by atoms with Crippen molar-refractivity contribution < 1.29 is 14.7 Å². The molecule has 5 nitrogen and oxygen atoms in total. The van der Waals surface area contributed by atoms with Gasteiger partial charge in [-0.2, -0.15) is 0 Å². The number of amides is 1. The molecule has 0 saturated carbocycles. The number of aliphatic carboxylic acids is 1. The molecular weight excluding hydrogens is 443 g/mol. The van der Waals surface area contributed by atoms with Crippen molar-refractivity contribution in [3.05, 3.63) is 74.2 Å². The highest BCUT2D eigenvalue weighted by Gasteiger charge is 2.23. The summed E-state index contributed by atoms with van der Waals surface area (Å²) in [7, 11) is 0. The standard InChI is InChI=1S/C19H13Cl3N2O3S/c20-12-6-2-1-4-10(12)19-24-15(9-28-19)18(27)23-14(8-16(25)26)11-5-3-7-13(21)17(11)22/h1-7,9,14H,8H2,(H,23,27)(H,25,26)/t14-/m0/s1. The maximum Gasteiger partial charge on any atom is 0.305 e. The molecule has 0 unspecified atom stereocenters. The van der Waals surface area contributed by atoms with Crippen LogP contribution in [0.15, 0.2) is 47.8 Å². The van der Waals surface area contributed by atoms with E-state index in [1.54, 1.807) is 35.7 Å². The third-order valence-corrected chi connectivity index (χ3v) is 5.92. The molecule has 1 atom stereocenters. The second kappa shape index (κ2) is 8.92. The molecule has 1 heterocycles. The van der Waals surface area contributed by atoms with Crippen LogP contribution in [0.3, 0.4) is 0 Å². The zero-order valence-electron chi connectivity index (χ0n) is 14.2. The van der Waals surface area contributed by atoms with Crippen molar-refractivity contribution in [1.29, 1.82) is 0 Å². The SMILES string of the molecule is O=C(O)C[C@H](NC(=O)c1csc(-c2ccccc2Cl)n1)c1cccc(Cl)c1Cl. The van der Waals surface area contributed by atoms with Gasteiger partial charge in [0.15, 0.2) is 0 Å². The number of nitrogens with zero attached hydrogens (tertiary/aromatic N) is 1. The van der Waals surface area contributed by atoms with Crippen molar-refractivity contribution >= 4 is 58.0 Å². The van der Waals surface area contributed by atoms with E-state index in [-0.39, 0.29) is 22.2 Å². The minimum Gasteiger partial charge on any atom is -0.481 e. The number of hydrogen-bond donors (Lipinski definition) is 2. The first kappa shape index (κ1) is 20.6. The summed E-state index contributed by atoms with van der Waals surface area (Å²) in [5.41, 5.74) is 1.30. The first-order valence-electron chi connectivity index (χ1n) is 8.04. The minimum absolute atomic E-state index is 0.161. The molecule has 2 aromatic carbocycles. The molecule has 9 heteroatoms. The van der Waals surface area contributed by atoms with Gasteiger partial charge < -0.3 is 10.4 Å². The van der Waals surface area contributed by atoms with Crippen LogP contribution in [0.5, 0.6) is 0 Å². The fourth-order valence-corrected chi connectivity index (χ4v) is 4.13. The molecule has 0 aliphatic rings. The maximum atomic E-state index is 12.7. The van der Waals surface area contributed by atoms with Gasteiger partial charge in [0.1, 0.15) is 10.7 Å². The fourth-order valence-electron chi connectivity index (χ4n) is 2.57. The summed E-state index contributed by atoms with van der Waals surface area (Å²) in [6.07, 6.45) is -0.354. The van der Waals surface area contributed by atoms with Gasteiger partial charge in [-0.3, -0.25) is 9.59 Å². The summed E-state index contributed by atoms with van der Waals surface area (Å²) in [6.45, 7) is 0. The number of carboxylic acid groups (broad SMARTS) is 1. The van der Waals surface area contributed by atoms with E-state index in [1.165, 1.54) is 11.3 Å². The van der Waals surface area contributed by atoms with Gasteiger partial charge in [0.05, 0.1) is 27.5 Å². The molecule has 0 radical (unpaired) electrons. The molecule has 0 aliphatic heterocycles. The second-order valence-electron chi connectivity index (χ2n) is 5.78. The molecule has 0 aliphatic carbocycles. The topological polar surface area (TPSA) is 79.3 Å². The van der Waals surface area contributed by atoms with Gasteiger partial charge in [0.2, 0.25) is 0 Å². The molecule has 1 aromatic heterocycles. The van der Waals surface area contributed by atoms with Crippen LogP contribution in [0.1, 0.15) is 28.5 Å². The van der Waals surface area contributed by atoms with E-state index in [4.69, 9.17) is 34.8 Å². The Labute approximate surface area is 179 Å². The third kappa shape index (κ3) is 4.64. The van der Waals surface area contributed by atoms with Gasteiger partial charge in [-0.25, -0.2) is 4.98 Å². The number of rotatable bonds is 6. The number of carbonyl (C=O) groups excluding carboxylic acids is 1. The Morgan fingerprint density at radius 2 is 1.79 bits per heavy atom. The normalized spacial score (nSPS) is 11.8. The van der Waals surface area contributed by atoms with Crippen LogP contribution in [0, 0.1) is 0 Å². The van der Waals surface area contributed by atoms with Crippen LogP contribution in [-0.4, -0.2) is 22.0 Å². The van der Waals surface area contributed by atoms with Crippen molar-refractivity contribution in [2.45, 2.75) is 12.5 Å². The highest BCUT2D eigenvalue weighted by atomic mass is 35.5. The zero-order chi connectivity index (χ0) is 20.3. The summed E-state index contributed by atoms with van der Waals surface area (Å²) >= 11 is 19.7. The summed E-state index contributed by atoms with van der Waals surface area (Å²) < 4.78 is 0.